The molecule has 2 aliphatic carbocycles. The van der Waals surface area contributed by atoms with E-state index in [9.17, 15) is 4.79 Å². The Morgan fingerprint density at radius 3 is 2.56 bits per heavy atom. The van der Waals surface area contributed by atoms with Gasteiger partial charge in [-0.05, 0) is 43.4 Å². The number of aromatic nitrogens is 1. The topological polar surface area (TPSA) is 77.7 Å². The molecule has 3 heterocycles. The van der Waals surface area contributed by atoms with Gasteiger partial charge in [-0.15, -0.1) is 0 Å². The molecule has 3 atom stereocenters. The van der Waals surface area contributed by atoms with Gasteiger partial charge in [0.15, 0.2) is 0 Å². The van der Waals surface area contributed by atoms with E-state index >= 15 is 0 Å². The van der Waals surface area contributed by atoms with E-state index in [-0.39, 0.29) is 5.60 Å². The molecule has 5 rings (SSSR count). The first-order chi connectivity index (χ1) is 13.1. The highest BCUT2D eigenvalue weighted by Gasteiger charge is 2.57. The third-order valence-electron chi connectivity index (χ3n) is 7.70. The molecule has 27 heavy (non-hydrogen) atoms. The fourth-order valence-corrected chi connectivity index (χ4v) is 6.32. The summed E-state index contributed by atoms with van der Waals surface area (Å²) in [4.78, 5) is 18.5. The summed E-state index contributed by atoms with van der Waals surface area (Å²) in [6.45, 7) is 4.05. The van der Waals surface area contributed by atoms with Gasteiger partial charge in [0.2, 0.25) is 0 Å². The average molecular weight is 371 g/mol. The number of carbonyl (C=O) groups is 1. The van der Waals surface area contributed by atoms with E-state index in [1.54, 1.807) is 6.20 Å². The molecule has 4 fully saturated rings. The van der Waals surface area contributed by atoms with Crippen LogP contribution in [0.3, 0.4) is 0 Å². The van der Waals surface area contributed by atoms with Crippen molar-refractivity contribution in [3.05, 3.63) is 29.6 Å². The number of hydrogen-bond acceptors (Lipinski definition) is 5. The molecule has 0 radical (unpaired) electrons. The van der Waals surface area contributed by atoms with Gasteiger partial charge in [-0.1, -0.05) is 6.42 Å². The minimum atomic E-state index is -0.479. The molecule has 0 unspecified atom stereocenters. The molecular weight excluding hydrogens is 342 g/mol. The van der Waals surface area contributed by atoms with Crippen LogP contribution < -0.4 is 5.73 Å². The van der Waals surface area contributed by atoms with E-state index in [1.807, 2.05) is 19.2 Å². The van der Waals surface area contributed by atoms with Crippen LogP contribution in [0, 0.1) is 17.3 Å². The zero-order chi connectivity index (χ0) is 18.6. The predicted octanol–water partition coefficient (Wildman–Crippen LogP) is 1.93. The van der Waals surface area contributed by atoms with Crippen LogP contribution in [-0.4, -0.2) is 55.2 Å². The van der Waals surface area contributed by atoms with Gasteiger partial charge in [-0.3, -0.25) is 14.7 Å². The number of pyridine rings is 1. The highest BCUT2D eigenvalue weighted by molar-refractivity contribution is 5.90. The molecule has 6 nitrogen and oxygen atoms in total. The number of nitrogens with two attached hydrogens (primary N) is 1. The molecule has 4 aliphatic rings. The van der Waals surface area contributed by atoms with E-state index in [0.29, 0.717) is 29.0 Å². The minimum Gasteiger partial charge on any atom is -0.380 e. The largest absolute Gasteiger partial charge is 0.380 e. The molecule has 2 N–H and O–H groups in total. The van der Waals surface area contributed by atoms with Crippen LogP contribution in [0.15, 0.2) is 18.3 Å². The van der Waals surface area contributed by atoms with E-state index in [2.05, 4.69) is 9.88 Å². The van der Waals surface area contributed by atoms with Gasteiger partial charge in [-0.2, -0.15) is 0 Å². The van der Waals surface area contributed by atoms with Crippen LogP contribution in [0.4, 0.5) is 0 Å². The maximum absolute atomic E-state index is 11.7. The second-order valence-corrected chi connectivity index (χ2v) is 9.12. The first kappa shape index (κ1) is 17.6. The number of ether oxygens (including phenoxy) is 2. The Morgan fingerprint density at radius 1 is 1.30 bits per heavy atom. The number of nitrogens with zero attached hydrogens (tertiary/aromatic N) is 2. The summed E-state index contributed by atoms with van der Waals surface area (Å²) in [6, 6.07) is 4.57. The minimum absolute atomic E-state index is 0.329. The lowest BCUT2D eigenvalue weighted by Gasteiger charge is -2.61. The fourth-order valence-electron chi connectivity index (χ4n) is 6.32. The molecule has 2 saturated carbocycles. The van der Waals surface area contributed by atoms with Gasteiger partial charge >= 0.3 is 0 Å². The SMILES string of the molecule is CO[C@]1(c2ccnc(C(N)=O)c2)[C@@H]2CCC[C@H]1CN(C1CC3(COC3)C1)C2. The van der Waals surface area contributed by atoms with Crippen LogP contribution >= 0.6 is 0 Å². The zero-order valence-electron chi connectivity index (χ0n) is 16.0. The van der Waals surface area contributed by atoms with Crippen molar-refractivity contribution >= 4 is 5.91 Å². The van der Waals surface area contributed by atoms with Crippen molar-refractivity contribution in [2.24, 2.45) is 23.0 Å². The van der Waals surface area contributed by atoms with Crippen molar-refractivity contribution in [3.63, 3.8) is 0 Å². The summed E-state index contributed by atoms with van der Waals surface area (Å²) in [6.07, 6.45) is 7.85. The van der Waals surface area contributed by atoms with Crippen molar-refractivity contribution in [1.82, 2.24) is 9.88 Å². The van der Waals surface area contributed by atoms with Crippen LogP contribution in [0.5, 0.6) is 0 Å². The number of methoxy groups -OCH3 is 1. The normalized spacial score (nSPS) is 35.4. The van der Waals surface area contributed by atoms with Gasteiger partial charge in [-0.25, -0.2) is 0 Å². The number of rotatable bonds is 4. The summed E-state index contributed by atoms with van der Waals surface area (Å²) in [5, 5.41) is 0. The van der Waals surface area contributed by atoms with E-state index in [4.69, 9.17) is 15.2 Å². The molecule has 2 saturated heterocycles. The first-order valence-electron chi connectivity index (χ1n) is 10.2. The number of primary amides is 1. The smallest absolute Gasteiger partial charge is 0.267 e. The third kappa shape index (κ3) is 2.57. The highest BCUT2D eigenvalue weighted by atomic mass is 16.5. The number of fused-ring (bicyclic) bond motifs is 2. The zero-order valence-corrected chi connectivity index (χ0v) is 16.0. The Kier molecular flexibility index (Phi) is 4.08. The van der Waals surface area contributed by atoms with Crippen LogP contribution in [0.1, 0.15) is 48.2 Å². The lowest BCUT2D eigenvalue weighted by molar-refractivity contribution is -0.215. The number of piperidine rings is 1. The summed E-state index contributed by atoms with van der Waals surface area (Å²) < 4.78 is 11.7. The molecule has 2 aliphatic heterocycles. The molecule has 1 aromatic rings. The summed E-state index contributed by atoms with van der Waals surface area (Å²) in [7, 11) is 1.83. The van der Waals surface area contributed by atoms with E-state index < -0.39 is 5.91 Å². The molecule has 0 aromatic carbocycles. The number of likely N-dealkylation sites (tertiary alicyclic amines) is 1. The van der Waals surface area contributed by atoms with Crippen molar-refractivity contribution < 1.29 is 14.3 Å². The quantitative estimate of drug-likeness (QED) is 0.875. The molecule has 2 bridgehead atoms. The number of carbonyl (C=O) groups excluding carboxylic acids is 1. The van der Waals surface area contributed by atoms with Crippen molar-refractivity contribution in [2.75, 3.05) is 33.4 Å². The van der Waals surface area contributed by atoms with Gasteiger partial charge in [0, 0.05) is 49.7 Å². The second kappa shape index (κ2) is 6.26. The van der Waals surface area contributed by atoms with Crippen molar-refractivity contribution in [3.8, 4) is 0 Å². The molecular formula is C21H29N3O3. The lowest BCUT2D eigenvalue weighted by atomic mass is 9.59. The first-order valence-corrected chi connectivity index (χ1v) is 10.2. The maximum Gasteiger partial charge on any atom is 0.267 e. The van der Waals surface area contributed by atoms with Crippen molar-refractivity contribution in [2.45, 2.75) is 43.7 Å². The molecule has 1 spiro atoms. The van der Waals surface area contributed by atoms with Crippen LogP contribution in [0.2, 0.25) is 0 Å². The Labute approximate surface area is 160 Å². The third-order valence-corrected chi connectivity index (χ3v) is 7.70. The highest BCUT2D eigenvalue weighted by Crippen LogP contribution is 2.55. The van der Waals surface area contributed by atoms with Gasteiger partial charge in [0.05, 0.1) is 13.2 Å². The Bertz CT molecular complexity index is 726. The monoisotopic (exact) mass is 371 g/mol. The molecule has 1 aromatic heterocycles. The lowest BCUT2D eigenvalue weighted by Crippen LogP contribution is -2.66. The van der Waals surface area contributed by atoms with Crippen molar-refractivity contribution in [1.29, 1.82) is 0 Å². The van der Waals surface area contributed by atoms with E-state index in [0.717, 1.165) is 44.7 Å². The predicted molar refractivity (Wildman–Crippen MR) is 100 cm³/mol. The molecule has 6 heteroatoms. The van der Waals surface area contributed by atoms with E-state index in [1.165, 1.54) is 19.3 Å². The Balaban J connectivity index is 1.42. The van der Waals surface area contributed by atoms with Gasteiger partial charge in [0.25, 0.3) is 5.91 Å². The average Bonchev–Trinajstić information content (AvgIpc) is 2.58. The van der Waals surface area contributed by atoms with Crippen LogP contribution in [-0.2, 0) is 15.1 Å². The molecule has 1 amide bonds. The maximum atomic E-state index is 11.7. The van der Waals surface area contributed by atoms with Gasteiger partial charge in [0.1, 0.15) is 11.3 Å². The summed E-state index contributed by atoms with van der Waals surface area (Å²) in [5.74, 6) is 0.396. The fraction of sp³-hybridized carbons (Fsp3) is 0.714. The standard InChI is InChI=1S/C21H29N3O3/c1-26-21(14-5-6-23-18(7-14)19(22)25)15-3-2-4-16(21)11-24(10-15)17-8-20(9-17)12-27-13-20/h5-7,15-17H,2-4,8-13H2,1H3,(H2,22,25)/t15-,16+,21-. The Hall–Kier alpha value is -1.50. The molecule has 146 valence electrons. The second-order valence-electron chi connectivity index (χ2n) is 9.12. The van der Waals surface area contributed by atoms with Gasteiger partial charge < -0.3 is 15.2 Å². The van der Waals surface area contributed by atoms with Crippen LogP contribution in [0.25, 0.3) is 0 Å². The number of hydrogen-bond donors (Lipinski definition) is 1. The Morgan fingerprint density at radius 2 is 2.00 bits per heavy atom. The summed E-state index contributed by atoms with van der Waals surface area (Å²) >= 11 is 0. The number of amides is 1. The summed E-state index contributed by atoms with van der Waals surface area (Å²) in [5.41, 5.74) is 7.05.